The lowest BCUT2D eigenvalue weighted by atomic mass is 10.0. The first-order valence-electron chi connectivity index (χ1n) is 10.1. The van der Waals surface area contributed by atoms with E-state index in [9.17, 15) is 9.59 Å². The average molecular weight is 405 g/mol. The van der Waals surface area contributed by atoms with Gasteiger partial charge in [0.05, 0.1) is 12.2 Å². The molecule has 0 radical (unpaired) electrons. The highest BCUT2D eigenvalue weighted by Gasteiger charge is 2.09. The molecule has 0 bridgehead atoms. The van der Waals surface area contributed by atoms with Crippen LogP contribution in [0.4, 0.5) is 0 Å². The van der Waals surface area contributed by atoms with E-state index < -0.39 is 0 Å². The third-order valence-electron chi connectivity index (χ3n) is 4.76. The Morgan fingerprint density at radius 1 is 1.07 bits per heavy atom. The molecule has 0 atom stereocenters. The van der Waals surface area contributed by atoms with Crippen LogP contribution < -0.4 is 15.6 Å². The number of nitrogens with zero attached hydrogens (tertiary/aromatic N) is 2. The van der Waals surface area contributed by atoms with Gasteiger partial charge in [0.25, 0.3) is 11.5 Å². The molecule has 0 saturated heterocycles. The van der Waals surface area contributed by atoms with Gasteiger partial charge in [-0.25, -0.2) is 4.68 Å². The van der Waals surface area contributed by atoms with E-state index in [-0.39, 0.29) is 31.2 Å². The second kappa shape index (κ2) is 9.87. The summed E-state index contributed by atoms with van der Waals surface area (Å²) < 4.78 is 7.04. The van der Waals surface area contributed by atoms with Gasteiger partial charge in [0.15, 0.2) is 6.61 Å². The molecule has 3 rings (SSSR count). The molecule has 156 valence electrons. The standard InChI is InChI=1S/C24H27N3O3/c1-17(2)20-6-4-5-7-22(20)30-16-23(28)25-14-15-27-24(29)13-12-21(26-27)19-10-8-18(3)9-11-19/h4-13,17H,14-16H2,1-3H3,(H,25,28). The molecule has 0 spiro atoms. The highest BCUT2D eigenvalue weighted by Crippen LogP contribution is 2.25. The average Bonchev–Trinajstić information content (AvgIpc) is 2.74. The van der Waals surface area contributed by atoms with E-state index in [0.29, 0.717) is 11.7 Å². The number of rotatable bonds is 8. The second-order valence-electron chi connectivity index (χ2n) is 7.48. The number of aromatic nitrogens is 2. The van der Waals surface area contributed by atoms with Crippen molar-refractivity contribution in [3.8, 4) is 17.0 Å². The normalized spacial score (nSPS) is 10.8. The number of hydrogen-bond donors (Lipinski definition) is 1. The Labute approximate surface area is 176 Å². The van der Waals surface area contributed by atoms with Crippen molar-refractivity contribution in [3.05, 3.63) is 82.1 Å². The second-order valence-corrected chi connectivity index (χ2v) is 7.48. The van der Waals surface area contributed by atoms with Gasteiger partial charge in [0, 0.05) is 18.2 Å². The Morgan fingerprint density at radius 2 is 1.80 bits per heavy atom. The molecule has 30 heavy (non-hydrogen) atoms. The Hall–Kier alpha value is -3.41. The van der Waals surface area contributed by atoms with Gasteiger partial charge in [-0.2, -0.15) is 5.10 Å². The van der Waals surface area contributed by atoms with Crippen LogP contribution in [0.25, 0.3) is 11.3 Å². The molecule has 0 fully saturated rings. The maximum absolute atomic E-state index is 12.1. The van der Waals surface area contributed by atoms with Crippen LogP contribution in [0.5, 0.6) is 5.75 Å². The number of aryl methyl sites for hydroxylation is 1. The summed E-state index contributed by atoms with van der Waals surface area (Å²) in [6.45, 7) is 6.68. The summed E-state index contributed by atoms with van der Waals surface area (Å²) in [7, 11) is 0. The summed E-state index contributed by atoms with van der Waals surface area (Å²) in [6.07, 6.45) is 0. The number of hydrogen-bond acceptors (Lipinski definition) is 4. The van der Waals surface area contributed by atoms with E-state index in [4.69, 9.17) is 4.74 Å². The van der Waals surface area contributed by atoms with Crippen LogP contribution >= 0.6 is 0 Å². The van der Waals surface area contributed by atoms with Crippen molar-refractivity contribution in [2.75, 3.05) is 13.2 Å². The fourth-order valence-electron chi connectivity index (χ4n) is 3.07. The first-order valence-corrected chi connectivity index (χ1v) is 10.1. The van der Waals surface area contributed by atoms with Crippen LogP contribution in [0, 0.1) is 6.92 Å². The number of carbonyl (C=O) groups excluding carboxylic acids is 1. The Bertz CT molecular complexity index is 1060. The first kappa shape index (κ1) is 21.3. The van der Waals surface area contributed by atoms with Gasteiger partial charge in [-0.15, -0.1) is 0 Å². The quantitative estimate of drug-likeness (QED) is 0.622. The summed E-state index contributed by atoms with van der Waals surface area (Å²) in [6, 6.07) is 18.9. The Morgan fingerprint density at radius 3 is 2.53 bits per heavy atom. The molecular formula is C24H27N3O3. The van der Waals surface area contributed by atoms with Crippen LogP contribution in [0.15, 0.2) is 65.5 Å². The Kier molecular flexibility index (Phi) is 7.01. The molecule has 0 saturated carbocycles. The van der Waals surface area contributed by atoms with Crippen LogP contribution in [-0.4, -0.2) is 28.8 Å². The van der Waals surface area contributed by atoms with Crippen LogP contribution in [0.3, 0.4) is 0 Å². The molecule has 0 unspecified atom stereocenters. The molecule has 6 heteroatoms. The van der Waals surface area contributed by atoms with Gasteiger partial charge in [-0.3, -0.25) is 9.59 Å². The summed E-state index contributed by atoms with van der Waals surface area (Å²) in [5.74, 6) is 0.783. The van der Waals surface area contributed by atoms with E-state index in [1.54, 1.807) is 6.07 Å². The highest BCUT2D eigenvalue weighted by atomic mass is 16.5. The minimum Gasteiger partial charge on any atom is -0.483 e. The van der Waals surface area contributed by atoms with Crippen LogP contribution in [0.2, 0.25) is 0 Å². The van der Waals surface area contributed by atoms with E-state index in [2.05, 4.69) is 24.3 Å². The monoisotopic (exact) mass is 405 g/mol. The van der Waals surface area contributed by atoms with E-state index >= 15 is 0 Å². The molecule has 1 aromatic heterocycles. The van der Waals surface area contributed by atoms with E-state index in [0.717, 1.165) is 22.4 Å². The minimum absolute atomic E-state index is 0.0739. The summed E-state index contributed by atoms with van der Waals surface area (Å²) in [4.78, 5) is 24.3. The number of nitrogens with one attached hydrogen (secondary N) is 1. The third-order valence-corrected chi connectivity index (χ3v) is 4.76. The van der Waals surface area contributed by atoms with E-state index in [1.807, 2.05) is 55.5 Å². The molecule has 0 aliphatic carbocycles. The fraction of sp³-hybridized carbons (Fsp3) is 0.292. The molecule has 1 amide bonds. The van der Waals surface area contributed by atoms with Gasteiger partial charge in [0.2, 0.25) is 0 Å². The van der Waals surface area contributed by atoms with Crippen LogP contribution in [0.1, 0.15) is 30.9 Å². The van der Waals surface area contributed by atoms with Crippen molar-refractivity contribution in [3.63, 3.8) is 0 Å². The number of para-hydroxylation sites is 1. The van der Waals surface area contributed by atoms with E-state index in [1.165, 1.54) is 10.7 Å². The molecular weight excluding hydrogens is 378 g/mol. The molecule has 1 heterocycles. The number of benzene rings is 2. The van der Waals surface area contributed by atoms with Gasteiger partial charge in [0.1, 0.15) is 5.75 Å². The third kappa shape index (κ3) is 5.56. The topological polar surface area (TPSA) is 73.2 Å². The lowest BCUT2D eigenvalue weighted by Gasteiger charge is -2.14. The van der Waals surface area contributed by atoms with Gasteiger partial charge in [-0.05, 0) is 30.5 Å². The summed E-state index contributed by atoms with van der Waals surface area (Å²) in [5.41, 5.74) is 3.68. The number of carbonyl (C=O) groups is 1. The maximum atomic E-state index is 12.1. The minimum atomic E-state index is -0.240. The molecule has 1 N–H and O–H groups in total. The number of amides is 1. The maximum Gasteiger partial charge on any atom is 0.266 e. The zero-order valence-corrected chi connectivity index (χ0v) is 17.6. The van der Waals surface area contributed by atoms with Crippen LogP contribution in [-0.2, 0) is 11.3 Å². The van der Waals surface area contributed by atoms with Crippen molar-refractivity contribution in [1.29, 1.82) is 0 Å². The molecule has 2 aromatic carbocycles. The van der Waals surface area contributed by atoms with Gasteiger partial charge < -0.3 is 10.1 Å². The lowest BCUT2D eigenvalue weighted by Crippen LogP contribution is -2.34. The molecule has 0 aliphatic heterocycles. The molecule has 6 nitrogen and oxygen atoms in total. The molecule has 3 aromatic rings. The van der Waals surface area contributed by atoms with Crippen molar-refractivity contribution in [2.24, 2.45) is 0 Å². The number of ether oxygens (including phenoxy) is 1. The van der Waals surface area contributed by atoms with Crippen molar-refractivity contribution in [1.82, 2.24) is 15.1 Å². The van der Waals surface area contributed by atoms with Gasteiger partial charge >= 0.3 is 0 Å². The summed E-state index contributed by atoms with van der Waals surface area (Å²) >= 11 is 0. The smallest absolute Gasteiger partial charge is 0.266 e. The zero-order chi connectivity index (χ0) is 21.5. The predicted molar refractivity (Wildman–Crippen MR) is 118 cm³/mol. The summed E-state index contributed by atoms with van der Waals surface area (Å²) in [5, 5.41) is 7.20. The Balaban J connectivity index is 1.55. The van der Waals surface area contributed by atoms with Crippen molar-refractivity contribution in [2.45, 2.75) is 33.2 Å². The highest BCUT2D eigenvalue weighted by molar-refractivity contribution is 5.77. The predicted octanol–water partition coefficient (Wildman–Crippen LogP) is 3.54. The zero-order valence-electron chi connectivity index (χ0n) is 17.6. The largest absolute Gasteiger partial charge is 0.483 e. The molecule has 0 aliphatic rings. The van der Waals surface area contributed by atoms with Crippen molar-refractivity contribution < 1.29 is 9.53 Å². The van der Waals surface area contributed by atoms with Gasteiger partial charge in [-0.1, -0.05) is 61.9 Å². The lowest BCUT2D eigenvalue weighted by molar-refractivity contribution is -0.123. The first-order chi connectivity index (χ1) is 14.4. The SMILES string of the molecule is Cc1ccc(-c2ccc(=O)n(CCNC(=O)COc3ccccc3C(C)C)n2)cc1. The fourth-order valence-corrected chi connectivity index (χ4v) is 3.07. The van der Waals surface area contributed by atoms with Crippen molar-refractivity contribution >= 4 is 5.91 Å².